The molecule has 0 saturated heterocycles. The van der Waals surface area contributed by atoms with Crippen LogP contribution >= 0.6 is 0 Å². The third kappa shape index (κ3) is 3.86. The standard InChI is InChI=1S/C18H13F6N/c19-17(20,21)13-5-1-11(2-6-13)15-9-10-16(25-15)12-3-7-14(8-4-12)18(22,23)24/h1-8,15H,9-10H2. The second kappa shape index (κ2) is 6.20. The van der Waals surface area contributed by atoms with E-state index in [1.165, 1.54) is 24.3 Å². The molecule has 0 radical (unpaired) electrons. The first-order chi connectivity index (χ1) is 11.6. The maximum absolute atomic E-state index is 12.6. The summed E-state index contributed by atoms with van der Waals surface area (Å²) < 4.78 is 75.5. The summed E-state index contributed by atoms with van der Waals surface area (Å²) in [5.74, 6) is 0. The Morgan fingerprint density at radius 2 is 1.20 bits per heavy atom. The molecule has 0 spiro atoms. The fourth-order valence-electron chi connectivity index (χ4n) is 2.80. The van der Waals surface area contributed by atoms with Crippen LogP contribution in [0.5, 0.6) is 0 Å². The van der Waals surface area contributed by atoms with Gasteiger partial charge in [0.05, 0.1) is 17.2 Å². The van der Waals surface area contributed by atoms with Gasteiger partial charge in [0.15, 0.2) is 0 Å². The lowest BCUT2D eigenvalue weighted by atomic mass is 10.0. The van der Waals surface area contributed by atoms with E-state index in [2.05, 4.69) is 4.99 Å². The molecule has 1 unspecified atom stereocenters. The third-order valence-electron chi connectivity index (χ3n) is 4.13. The van der Waals surface area contributed by atoms with Crippen LogP contribution in [0.25, 0.3) is 0 Å². The third-order valence-corrected chi connectivity index (χ3v) is 4.13. The van der Waals surface area contributed by atoms with Gasteiger partial charge in [0.25, 0.3) is 0 Å². The smallest absolute Gasteiger partial charge is 0.281 e. The number of halogens is 6. The van der Waals surface area contributed by atoms with Crippen molar-refractivity contribution < 1.29 is 26.3 Å². The van der Waals surface area contributed by atoms with E-state index in [0.29, 0.717) is 29.7 Å². The molecule has 132 valence electrons. The summed E-state index contributed by atoms with van der Waals surface area (Å²) in [7, 11) is 0. The molecule has 3 rings (SSSR count). The van der Waals surface area contributed by atoms with Crippen molar-refractivity contribution in [2.75, 3.05) is 0 Å². The van der Waals surface area contributed by atoms with Crippen LogP contribution in [0.2, 0.25) is 0 Å². The molecule has 0 saturated carbocycles. The molecule has 0 N–H and O–H groups in total. The average molecular weight is 357 g/mol. The van der Waals surface area contributed by atoms with Gasteiger partial charge in [0.2, 0.25) is 0 Å². The maximum Gasteiger partial charge on any atom is 0.416 e. The first kappa shape index (κ1) is 17.5. The topological polar surface area (TPSA) is 12.4 Å². The summed E-state index contributed by atoms with van der Waals surface area (Å²) in [5.41, 5.74) is 0.478. The van der Waals surface area contributed by atoms with Gasteiger partial charge in [0.1, 0.15) is 0 Å². The van der Waals surface area contributed by atoms with Gasteiger partial charge in [-0.25, -0.2) is 0 Å². The Hall–Kier alpha value is -2.31. The van der Waals surface area contributed by atoms with Crippen LogP contribution in [0.3, 0.4) is 0 Å². The molecule has 1 heterocycles. The quantitative estimate of drug-likeness (QED) is 0.580. The lowest BCUT2D eigenvalue weighted by molar-refractivity contribution is -0.138. The number of aliphatic imine (C=N–C) groups is 1. The van der Waals surface area contributed by atoms with Crippen LogP contribution in [0.15, 0.2) is 53.5 Å². The van der Waals surface area contributed by atoms with Crippen LogP contribution in [0.4, 0.5) is 26.3 Å². The Kier molecular flexibility index (Phi) is 4.34. The fourth-order valence-corrected chi connectivity index (χ4v) is 2.80. The van der Waals surface area contributed by atoms with Crippen LogP contribution < -0.4 is 0 Å². The van der Waals surface area contributed by atoms with E-state index in [1.54, 1.807) is 0 Å². The first-order valence-electron chi connectivity index (χ1n) is 7.56. The van der Waals surface area contributed by atoms with E-state index in [9.17, 15) is 26.3 Å². The Labute approximate surface area is 140 Å². The van der Waals surface area contributed by atoms with Crippen LogP contribution in [0, 0.1) is 0 Å². The van der Waals surface area contributed by atoms with E-state index in [-0.39, 0.29) is 6.04 Å². The van der Waals surface area contributed by atoms with Gasteiger partial charge in [-0.2, -0.15) is 26.3 Å². The molecule has 0 aliphatic carbocycles. The van der Waals surface area contributed by atoms with E-state index in [4.69, 9.17) is 0 Å². The molecule has 1 nitrogen and oxygen atoms in total. The zero-order chi connectivity index (χ0) is 18.2. The highest BCUT2D eigenvalue weighted by atomic mass is 19.4. The van der Waals surface area contributed by atoms with E-state index >= 15 is 0 Å². The monoisotopic (exact) mass is 357 g/mol. The minimum atomic E-state index is -4.39. The molecule has 1 aliphatic rings. The summed E-state index contributed by atoms with van der Waals surface area (Å²) in [4.78, 5) is 4.47. The number of nitrogens with zero attached hydrogens (tertiary/aromatic N) is 1. The van der Waals surface area contributed by atoms with Crippen LogP contribution in [-0.2, 0) is 12.4 Å². The molecule has 0 bridgehead atoms. The Bertz CT molecular complexity index is 769. The molecular formula is C18H13F6N. The molecule has 7 heteroatoms. The van der Waals surface area contributed by atoms with Gasteiger partial charge in [-0.15, -0.1) is 0 Å². The average Bonchev–Trinajstić information content (AvgIpc) is 3.03. The molecule has 2 aromatic rings. The van der Waals surface area contributed by atoms with E-state index in [1.807, 2.05) is 0 Å². The van der Waals surface area contributed by atoms with Crippen molar-refractivity contribution in [2.24, 2.45) is 4.99 Å². The minimum Gasteiger partial charge on any atom is -0.281 e. The normalized spacial score (nSPS) is 18.3. The van der Waals surface area contributed by atoms with Crippen molar-refractivity contribution in [3.8, 4) is 0 Å². The molecule has 0 fully saturated rings. The number of hydrogen-bond acceptors (Lipinski definition) is 1. The van der Waals surface area contributed by atoms with Gasteiger partial charge in [-0.05, 0) is 48.2 Å². The van der Waals surface area contributed by atoms with Crippen molar-refractivity contribution in [3.63, 3.8) is 0 Å². The van der Waals surface area contributed by atoms with Gasteiger partial charge in [0, 0.05) is 5.71 Å². The summed E-state index contributed by atoms with van der Waals surface area (Å²) >= 11 is 0. The summed E-state index contributed by atoms with van der Waals surface area (Å²) in [5, 5.41) is 0. The van der Waals surface area contributed by atoms with Crippen molar-refractivity contribution in [1.82, 2.24) is 0 Å². The SMILES string of the molecule is FC(F)(F)c1ccc(C2=NC(c3ccc(C(F)(F)F)cc3)CC2)cc1. The minimum absolute atomic E-state index is 0.278. The zero-order valence-electron chi connectivity index (χ0n) is 12.8. The largest absolute Gasteiger partial charge is 0.416 e. The van der Waals surface area contributed by atoms with E-state index < -0.39 is 23.5 Å². The molecule has 0 aromatic heterocycles. The lowest BCUT2D eigenvalue weighted by Crippen LogP contribution is -2.05. The fraction of sp³-hybridized carbons (Fsp3) is 0.278. The van der Waals surface area contributed by atoms with Crippen molar-refractivity contribution in [2.45, 2.75) is 31.2 Å². The zero-order valence-corrected chi connectivity index (χ0v) is 12.8. The molecule has 25 heavy (non-hydrogen) atoms. The number of hydrogen-bond donors (Lipinski definition) is 0. The lowest BCUT2D eigenvalue weighted by Gasteiger charge is -2.10. The highest BCUT2D eigenvalue weighted by Gasteiger charge is 2.31. The molecule has 2 aromatic carbocycles. The predicted octanol–water partition coefficient (Wildman–Crippen LogP) is 6.05. The second-order valence-corrected chi connectivity index (χ2v) is 5.83. The van der Waals surface area contributed by atoms with Gasteiger partial charge in [-0.3, -0.25) is 4.99 Å². The van der Waals surface area contributed by atoms with Gasteiger partial charge >= 0.3 is 12.4 Å². The molecule has 0 amide bonds. The number of benzene rings is 2. The van der Waals surface area contributed by atoms with Crippen molar-refractivity contribution >= 4 is 5.71 Å². The van der Waals surface area contributed by atoms with Crippen LogP contribution in [-0.4, -0.2) is 5.71 Å². The second-order valence-electron chi connectivity index (χ2n) is 5.83. The predicted molar refractivity (Wildman–Crippen MR) is 81.4 cm³/mol. The summed E-state index contributed by atoms with van der Waals surface area (Å²) in [6, 6.07) is 9.29. The van der Waals surface area contributed by atoms with Gasteiger partial charge < -0.3 is 0 Å². The van der Waals surface area contributed by atoms with Gasteiger partial charge in [-0.1, -0.05) is 24.3 Å². The summed E-state index contributed by atoms with van der Waals surface area (Å²) in [6.45, 7) is 0. The molecule has 1 atom stereocenters. The maximum atomic E-state index is 12.6. The van der Waals surface area contributed by atoms with Crippen molar-refractivity contribution in [3.05, 3.63) is 70.8 Å². The number of alkyl halides is 6. The molecular weight excluding hydrogens is 344 g/mol. The molecule has 1 aliphatic heterocycles. The summed E-state index contributed by atoms with van der Waals surface area (Å²) in [6.07, 6.45) is -7.60. The van der Waals surface area contributed by atoms with E-state index in [0.717, 1.165) is 24.3 Å². The Balaban J connectivity index is 1.78. The van der Waals surface area contributed by atoms with Crippen LogP contribution in [0.1, 0.15) is 41.1 Å². The first-order valence-corrected chi connectivity index (χ1v) is 7.56. The highest BCUT2D eigenvalue weighted by molar-refractivity contribution is 6.01. The Morgan fingerprint density at radius 1 is 0.720 bits per heavy atom. The Morgan fingerprint density at radius 3 is 1.68 bits per heavy atom. The van der Waals surface area contributed by atoms with Crippen molar-refractivity contribution in [1.29, 1.82) is 0 Å². The number of rotatable bonds is 2. The highest BCUT2D eigenvalue weighted by Crippen LogP contribution is 2.35.